The van der Waals surface area contributed by atoms with E-state index < -0.39 is 11.9 Å². The first-order chi connectivity index (χ1) is 14.0. The number of amides is 2. The highest BCUT2D eigenvalue weighted by molar-refractivity contribution is 6.07. The Labute approximate surface area is 167 Å². The Morgan fingerprint density at radius 3 is 2.00 bits per heavy atom. The minimum atomic E-state index is -0.624. The van der Waals surface area contributed by atoms with Crippen molar-refractivity contribution in [3.63, 3.8) is 0 Å². The molecule has 2 N–H and O–H groups in total. The van der Waals surface area contributed by atoms with Crippen molar-refractivity contribution < 1.29 is 19.1 Å². The molecule has 0 radical (unpaired) electrons. The highest BCUT2D eigenvalue weighted by atomic mass is 16.5. The van der Waals surface area contributed by atoms with Crippen LogP contribution in [0.1, 0.15) is 36.9 Å². The first-order valence-electron chi connectivity index (χ1n) is 8.82. The molecule has 3 aromatic rings. The third-order valence-corrected chi connectivity index (χ3v) is 4.24. The first kappa shape index (κ1) is 19.8. The fourth-order valence-electron chi connectivity index (χ4n) is 2.66. The molecule has 2 amide bonds. The van der Waals surface area contributed by atoms with Crippen LogP contribution in [0.15, 0.2) is 66.7 Å². The van der Waals surface area contributed by atoms with E-state index in [0.717, 1.165) is 0 Å². The molecular formula is C22H19N3O4. The Hall–Kier alpha value is -4.00. The van der Waals surface area contributed by atoms with Crippen molar-refractivity contribution in [3.8, 4) is 0 Å². The number of ether oxygens (including phenoxy) is 1. The van der Waals surface area contributed by atoms with E-state index in [0.29, 0.717) is 22.5 Å². The Morgan fingerprint density at radius 1 is 0.759 bits per heavy atom. The third-order valence-electron chi connectivity index (χ3n) is 4.24. The fourth-order valence-corrected chi connectivity index (χ4v) is 2.66. The summed E-state index contributed by atoms with van der Waals surface area (Å²) in [4.78, 5) is 40.6. The van der Waals surface area contributed by atoms with Gasteiger partial charge in [-0.25, -0.2) is 9.78 Å². The van der Waals surface area contributed by atoms with Gasteiger partial charge in [-0.1, -0.05) is 30.3 Å². The lowest BCUT2D eigenvalue weighted by molar-refractivity contribution is 0.0594. The van der Waals surface area contributed by atoms with E-state index >= 15 is 0 Å². The number of methoxy groups -OCH3 is 1. The van der Waals surface area contributed by atoms with E-state index in [4.69, 9.17) is 0 Å². The molecule has 29 heavy (non-hydrogen) atoms. The van der Waals surface area contributed by atoms with Crippen LogP contribution < -0.4 is 10.6 Å². The Kier molecular flexibility index (Phi) is 5.99. The van der Waals surface area contributed by atoms with Crippen molar-refractivity contribution in [1.29, 1.82) is 0 Å². The fraction of sp³-hybridized carbons (Fsp3) is 0.0909. The summed E-state index contributed by atoms with van der Waals surface area (Å²) in [5, 5.41) is 5.60. The van der Waals surface area contributed by atoms with Crippen LogP contribution in [0.4, 0.5) is 11.4 Å². The highest BCUT2D eigenvalue weighted by Gasteiger charge is 2.15. The molecule has 3 rings (SSSR count). The SMILES string of the molecule is COC(=O)c1cccc(C(=O)Nc2cccc(NC(=O)c3ccccc3)c2C)n1. The lowest BCUT2D eigenvalue weighted by Crippen LogP contribution is -2.17. The van der Waals surface area contributed by atoms with Gasteiger partial charge in [0, 0.05) is 16.9 Å². The molecule has 0 unspecified atom stereocenters. The molecule has 0 aliphatic heterocycles. The average Bonchev–Trinajstić information content (AvgIpc) is 2.76. The molecule has 0 atom stereocenters. The molecule has 1 heterocycles. The van der Waals surface area contributed by atoms with Gasteiger partial charge in [-0.15, -0.1) is 0 Å². The number of hydrogen-bond donors (Lipinski definition) is 2. The van der Waals surface area contributed by atoms with Crippen LogP contribution >= 0.6 is 0 Å². The molecule has 146 valence electrons. The first-order valence-corrected chi connectivity index (χ1v) is 8.82. The molecule has 1 aromatic heterocycles. The number of pyridine rings is 1. The molecule has 0 fully saturated rings. The summed E-state index contributed by atoms with van der Waals surface area (Å²) in [6.45, 7) is 1.79. The highest BCUT2D eigenvalue weighted by Crippen LogP contribution is 2.24. The van der Waals surface area contributed by atoms with Crippen LogP contribution in [0.2, 0.25) is 0 Å². The maximum atomic E-state index is 12.6. The minimum Gasteiger partial charge on any atom is -0.464 e. The van der Waals surface area contributed by atoms with Crippen LogP contribution in [-0.4, -0.2) is 29.9 Å². The summed E-state index contributed by atoms with van der Waals surface area (Å²) < 4.78 is 4.62. The van der Waals surface area contributed by atoms with Gasteiger partial charge in [0.15, 0.2) is 0 Å². The van der Waals surface area contributed by atoms with Crippen molar-refractivity contribution in [2.45, 2.75) is 6.92 Å². The van der Waals surface area contributed by atoms with E-state index in [1.165, 1.54) is 19.2 Å². The second-order valence-electron chi connectivity index (χ2n) is 6.15. The van der Waals surface area contributed by atoms with E-state index in [2.05, 4.69) is 20.4 Å². The molecule has 7 heteroatoms. The third kappa shape index (κ3) is 4.65. The number of rotatable bonds is 5. The van der Waals surface area contributed by atoms with Crippen molar-refractivity contribution in [2.75, 3.05) is 17.7 Å². The topological polar surface area (TPSA) is 97.4 Å². The number of carbonyl (C=O) groups excluding carboxylic acids is 3. The van der Waals surface area contributed by atoms with Gasteiger partial charge in [0.25, 0.3) is 11.8 Å². The normalized spacial score (nSPS) is 10.1. The second-order valence-corrected chi connectivity index (χ2v) is 6.15. The van der Waals surface area contributed by atoms with Gasteiger partial charge in [0.1, 0.15) is 11.4 Å². The molecule has 0 spiro atoms. The zero-order valence-electron chi connectivity index (χ0n) is 15.9. The summed E-state index contributed by atoms with van der Waals surface area (Å²) in [6, 6.07) is 18.6. The van der Waals surface area contributed by atoms with Crippen LogP contribution in [0.5, 0.6) is 0 Å². The number of aromatic nitrogens is 1. The lowest BCUT2D eigenvalue weighted by Gasteiger charge is -2.13. The summed E-state index contributed by atoms with van der Waals surface area (Å²) >= 11 is 0. The Bertz CT molecular complexity index is 1060. The molecular weight excluding hydrogens is 370 g/mol. The van der Waals surface area contributed by atoms with Crippen LogP contribution in [0, 0.1) is 6.92 Å². The molecule has 2 aromatic carbocycles. The van der Waals surface area contributed by atoms with Crippen LogP contribution in [0.25, 0.3) is 0 Å². The van der Waals surface area contributed by atoms with Crippen molar-refractivity contribution in [3.05, 3.63) is 89.2 Å². The summed E-state index contributed by atoms with van der Waals surface area (Å²) in [5.74, 6) is -1.35. The summed E-state index contributed by atoms with van der Waals surface area (Å²) in [5.41, 5.74) is 2.44. The standard InChI is InChI=1S/C22H19N3O4/c1-14-16(24-20(26)15-8-4-3-5-9-15)10-6-11-17(14)25-21(27)18-12-7-13-19(23-18)22(28)29-2/h3-13H,1-2H3,(H,24,26)(H,25,27). The van der Waals surface area contributed by atoms with Gasteiger partial charge in [-0.05, 0) is 48.9 Å². The number of nitrogens with one attached hydrogen (secondary N) is 2. The minimum absolute atomic E-state index is 0.0424. The number of hydrogen-bond acceptors (Lipinski definition) is 5. The van der Waals surface area contributed by atoms with Gasteiger partial charge in [-0.2, -0.15) is 0 Å². The van der Waals surface area contributed by atoms with E-state index in [9.17, 15) is 14.4 Å². The van der Waals surface area contributed by atoms with Gasteiger partial charge < -0.3 is 15.4 Å². The smallest absolute Gasteiger partial charge is 0.356 e. The van der Waals surface area contributed by atoms with Crippen LogP contribution in [0.3, 0.4) is 0 Å². The quantitative estimate of drug-likeness (QED) is 0.649. The van der Waals surface area contributed by atoms with Gasteiger partial charge in [0.2, 0.25) is 0 Å². The molecule has 0 aliphatic carbocycles. The van der Waals surface area contributed by atoms with Gasteiger partial charge >= 0.3 is 5.97 Å². The lowest BCUT2D eigenvalue weighted by atomic mass is 10.1. The van der Waals surface area contributed by atoms with Crippen molar-refractivity contribution in [2.24, 2.45) is 0 Å². The van der Waals surface area contributed by atoms with Gasteiger partial charge in [0.05, 0.1) is 7.11 Å². The zero-order valence-corrected chi connectivity index (χ0v) is 15.9. The number of nitrogens with zero attached hydrogens (tertiary/aromatic N) is 1. The van der Waals surface area contributed by atoms with E-state index in [-0.39, 0.29) is 17.3 Å². The maximum Gasteiger partial charge on any atom is 0.356 e. The monoisotopic (exact) mass is 389 g/mol. The predicted molar refractivity (Wildman–Crippen MR) is 109 cm³/mol. The Balaban J connectivity index is 1.78. The number of esters is 1. The van der Waals surface area contributed by atoms with E-state index in [1.54, 1.807) is 55.5 Å². The molecule has 0 saturated heterocycles. The van der Waals surface area contributed by atoms with Crippen molar-refractivity contribution >= 4 is 29.2 Å². The predicted octanol–water partition coefficient (Wildman–Crippen LogP) is 3.68. The molecule has 0 saturated carbocycles. The molecule has 0 bridgehead atoms. The maximum absolute atomic E-state index is 12.6. The van der Waals surface area contributed by atoms with Crippen molar-refractivity contribution in [1.82, 2.24) is 4.98 Å². The van der Waals surface area contributed by atoms with Crippen LogP contribution in [-0.2, 0) is 4.74 Å². The molecule has 0 aliphatic rings. The number of benzene rings is 2. The summed E-state index contributed by atoms with van der Waals surface area (Å²) in [6.07, 6.45) is 0. The number of anilines is 2. The Morgan fingerprint density at radius 2 is 1.34 bits per heavy atom. The average molecular weight is 389 g/mol. The van der Waals surface area contributed by atoms with E-state index in [1.807, 2.05) is 6.07 Å². The number of carbonyl (C=O) groups is 3. The summed E-state index contributed by atoms with van der Waals surface area (Å²) in [7, 11) is 1.25. The molecule has 7 nitrogen and oxygen atoms in total. The largest absolute Gasteiger partial charge is 0.464 e. The van der Waals surface area contributed by atoms with Gasteiger partial charge in [-0.3, -0.25) is 9.59 Å². The second kappa shape index (κ2) is 8.79. The zero-order chi connectivity index (χ0) is 20.8.